The topological polar surface area (TPSA) is 52.9 Å². The molecule has 1 heterocycles. The molecule has 0 saturated heterocycles. The molecule has 1 aromatic rings. The van der Waals surface area contributed by atoms with Gasteiger partial charge in [-0.25, -0.2) is 0 Å². The van der Waals surface area contributed by atoms with Gasteiger partial charge < -0.3 is 5.11 Å². The number of alkyl halides is 3. The van der Waals surface area contributed by atoms with Crippen molar-refractivity contribution in [3.8, 4) is 0 Å². The second-order valence-electron chi connectivity index (χ2n) is 4.45. The molecule has 1 aliphatic heterocycles. The molecule has 0 aliphatic carbocycles. The zero-order valence-electron chi connectivity index (χ0n) is 10.3. The zero-order valence-corrected chi connectivity index (χ0v) is 11.0. The first-order chi connectivity index (χ1) is 9.15. The molecule has 8 heteroatoms. The molecule has 0 spiro atoms. The van der Waals surface area contributed by atoms with Crippen molar-refractivity contribution < 1.29 is 23.1 Å². The van der Waals surface area contributed by atoms with Gasteiger partial charge in [-0.1, -0.05) is 17.7 Å². The fraction of sp³-hybridized carbons (Fsp3) is 0.333. The van der Waals surface area contributed by atoms with Crippen LogP contribution in [0.3, 0.4) is 0 Å². The lowest BCUT2D eigenvalue weighted by Crippen LogP contribution is -2.56. The standard InChI is InChI=1S/C12H10ClF3N2O2/c1-7-6-11(20,12(14,15)16)18(17-7)10(19)8-3-2-4-9(13)5-8/h2-5,20H,6H2,1H3. The molecule has 1 atom stereocenters. The number of amides is 1. The van der Waals surface area contributed by atoms with Gasteiger partial charge in [-0.15, -0.1) is 0 Å². The number of aliphatic hydroxyl groups is 1. The molecule has 1 N–H and O–H groups in total. The average molecular weight is 307 g/mol. The molecule has 4 nitrogen and oxygen atoms in total. The van der Waals surface area contributed by atoms with Crippen LogP contribution in [0.25, 0.3) is 0 Å². The first kappa shape index (κ1) is 14.8. The molecule has 1 aromatic carbocycles. The normalized spacial score (nSPS) is 22.9. The summed E-state index contributed by atoms with van der Waals surface area (Å²) >= 11 is 5.69. The van der Waals surface area contributed by atoms with Crippen LogP contribution in [-0.2, 0) is 0 Å². The van der Waals surface area contributed by atoms with E-state index >= 15 is 0 Å². The molecular formula is C12H10ClF3N2O2. The van der Waals surface area contributed by atoms with Crippen LogP contribution in [0.4, 0.5) is 13.2 Å². The van der Waals surface area contributed by atoms with E-state index in [0.29, 0.717) is 0 Å². The highest BCUT2D eigenvalue weighted by Gasteiger charge is 2.62. The maximum atomic E-state index is 13.0. The predicted molar refractivity (Wildman–Crippen MR) is 66.4 cm³/mol. The van der Waals surface area contributed by atoms with Crippen LogP contribution < -0.4 is 0 Å². The summed E-state index contributed by atoms with van der Waals surface area (Å²) in [5.41, 5.74) is -3.39. The van der Waals surface area contributed by atoms with Crippen LogP contribution in [-0.4, -0.2) is 33.6 Å². The number of hydrogen-bond acceptors (Lipinski definition) is 3. The minimum Gasteiger partial charge on any atom is -0.362 e. The van der Waals surface area contributed by atoms with Crippen molar-refractivity contribution in [3.63, 3.8) is 0 Å². The van der Waals surface area contributed by atoms with Crippen LogP contribution in [0.15, 0.2) is 29.4 Å². The summed E-state index contributed by atoms with van der Waals surface area (Å²) in [6.07, 6.45) is -5.79. The van der Waals surface area contributed by atoms with Crippen molar-refractivity contribution in [2.45, 2.75) is 25.2 Å². The van der Waals surface area contributed by atoms with Crippen molar-refractivity contribution in [2.24, 2.45) is 5.10 Å². The average Bonchev–Trinajstić information content (AvgIpc) is 2.64. The number of carbonyl (C=O) groups is 1. The highest BCUT2D eigenvalue weighted by Crippen LogP contribution is 2.40. The molecule has 0 fully saturated rings. The summed E-state index contributed by atoms with van der Waals surface area (Å²) in [6.45, 7) is 1.31. The Labute approximate surface area is 117 Å². The number of nitrogens with zero attached hydrogens (tertiary/aromatic N) is 2. The molecule has 2 rings (SSSR count). The van der Waals surface area contributed by atoms with E-state index in [1.54, 1.807) is 0 Å². The number of halogens is 4. The Balaban J connectivity index is 2.42. The molecular weight excluding hydrogens is 297 g/mol. The minimum absolute atomic E-state index is 0.0141. The van der Waals surface area contributed by atoms with E-state index in [9.17, 15) is 23.1 Å². The van der Waals surface area contributed by atoms with Crippen molar-refractivity contribution in [2.75, 3.05) is 0 Å². The van der Waals surface area contributed by atoms with E-state index in [2.05, 4.69) is 5.10 Å². The molecule has 20 heavy (non-hydrogen) atoms. The van der Waals surface area contributed by atoms with E-state index in [0.717, 1.165) is 0 Å². The Kier molecular flexibility index (Phi) is 3.51. The smallest absolute Gasteiger partial charge is 0.362 e. The molecule has 108 valence electrons. The van der Waals surface area contributed by atoms with Crippen molar-refractivity contribution in [1.29, 1.82) is 0 Å². The van der Waals surface area contributed by atoms with Gasteiger partial charge in [-0.2, -0.15) is 23.3 Å². The number of carbonyl (C=O) groups excluding carboxylic acids is 1. The Hall–Kier alpha value is -1.60. The number of rotatable bonds is 1. The Morgan fingerprint density at radius 3 is 2.70 bits per heavy atom. The predicted octanol–water partition coefficient (Wildman–Crippen LogP) is 2.81. The van der Waals surface area contributed by atoms with Gasteiger partial charge in [0, 0.05) is 22.7 Å². The Morgan fingerprint density at radius 1 is 1.50 bits per heavy atom. The van der Waals surface area contributed by atoms with Crippen molar-refractivity contribution in [3.05, 3.63) is 34.9 Å². The molecule has 0 aromatic heterocycles. The van der Waals surface area contributed by atoms with Crippen LogP contribution >= 0.6 is 11.6 Å². The van der Waals surface area contributed by atoms with Crippen LogP contribution in [0, 0.1) is 0 Å². The summed E-state index contributed by atoms with van der Waals surface area (Å²) in [5, 5.41) is 13.6. The maximum Gasteiger partial charge on any atom is 0.438 e. The quantitative estimate of drug-likeness (QED) is 0.867. The first-order valence-corrected chi connectivity index (χ1v) is 5.96. The molecule has 1 unspecified atom stereocenters. The van der Waals surface area contributed by atoms with Crippen LogP contribution in [0.1, 0.15) is 23.7 Å². The van der Waals surface area contributed by atoms with E-state index in [1.165, 1.54) is 31.2 Å². The second-order valence-corrected chi connectivity index (χ2v) is 4.89. The number of hydrazone groups is 1. The van der Waals surface area contributed by atoms with Crippen molar-refractivity contribution >= 4 is 23.2 Å². The van der Waals surface area contributed by atoms with E-state index in [-0.39, 0.29) is 21.3 Å². The molecule has 0 radical (unpaired) electrons. The fourth-order valence-electron chi connectivity index (χ4n) is 1.90. The van der Waals surface area contributed by atoms with Crippen molar-refractivity contribution in [1.82, 2.24) is 5.01 Å². The second kappa shape index (κ2) is 4.75. The van der Waals surface area contributed by atoms with Gasteiger partial charge in [-0.3, -0.25) is 4.79 Å². The van der Waals surface area contributed by atoms with Crippen LogP contribution in [0.5, 0.6) is 0 Å². The van der Waals surface area contributed by atoms with Crippen LogP contribution in [0.2, 0.25) is 5.02 Å². The molecule has 0 saturated carbocycles. The van der Waals surface area contributed by atoms with E-state index in [1.807, 2.05) is 0 Å². The third kappa shape index (κ3) is 2.38. The Morgan fingerprint density at radius 2 is 2.15 bits per heavy atom. The minimum atomic E-state index is -5.01. The molecule has 0 bridgehead atoms. The highest BCUT2D eigenvalue weighted by atomic mass is 35.5. The summed E-state index contributed by atoms with van der Waals surface area (Å²) in [6, 6.07) is 5.42. The third-order valence-corrected chi connectivity index (χ3v) is 3.08. The maximum absolute atomic E-state index is 13.0. The fourth-order valence-corrected chi connectivity index (χ4v) is 2.09. The summed E-state index contributed by atoms with van der Waals surface area (Å²) < 4.78 is 38.9. The van der Waals surface area contributed by atoms with E-state index < -0.39 is 24.2 Å². The Bertz CT molecular complexity index is 588. The summed E-state index contributed by atoms with van der Waals surface area (Å²) in [5.74, 6) is -1.07. The largest absolute Gasteiger partial charge is 0.438 e. The number of hydrogen-bond donors (Lipinski definition) is 1. The monoisotopic (exact) mass is 306 g/mol. The molecule has 1 amide bonds. The first-order valence-electron chi connectivity index (χ1n) is 5.58. The highest BCUT2D eigenvalue weighted by molar-refractivity contribution is 6.31. The lowest BCUT2D eigenvalue weighted by Gasteiger charge is -2.32. The SMILES string of the molecule is CC1=NN(C(=O)c2cccc(Cl)c2)C(O)(C(F)(F)F)C1. The van der Waals surface area contributed by atoms with Gasteiger partial charge in [0.25, 0.3) is 11.6 Å². The van der Waals surface area contributed by atoms with Gasteiger partial charge in [0.2, 0.25) is 0 Å². The lowest BCUT2D eigenvalue weighted by molar-refractivity contribution is -0.297. The van der Waals surface area contributed by atoms with Gasteiger partial charge in [-0.05, 0) is 25.1 Å². The zero-order chi connectivity index (χ0) is 15.1. The lowest BCUT2D eigenvalue weighted by atomic mass is 10.1. The summed E-state index contributed by atoms with van der Waals surface area (Å²) in [4.78, 5) is 12.1. The number of benzene rings is 1. The third-order valence-electron chi connectivity index (χ3n) is 2.84. The van der Waals surface area contributed by atoms with Gasteiger partial charge >= 0.3 is 6.18 Å². The van der Waals surface area contributed by atoms with Gasteiger partial charge in [0.15, 0.2) is 0 Å². The van der Waals surface area contributed by atoms with Gasteiger partial charge in [0.05, 0.1) is 0 Å². The van der Waals surface area contributed by atoms with Gasteiger partial charge in [0.1, 0.15) is 0 Å². The molecule has 1 aliphatic rings. The summed E-state index contributed by atoms with van der Waals surface area (Å²) in [7, 11) is 0. The van der Waals surface area contributed by atoms with E-state index in [4.69, 9.17) is 11.6 Å².